The first-order valence-electron chi connectivity index (χ1n) is 6.16. The zero-order valence-electron chi connectivity index (χ0n) is 10.2. The lowest BCUT2D eigenvalue weighted by atomic mass is 9.96. The van der Waals surface area contributed by atoms with Crippen LogP contribution in [0.4, 0.5) is 0 Å². The fourth-order valence-electron chi connectivity index (χ4n) is 2.38. The van der Waals surface area contributed by atoms with Crippen LogP contribution in [0, 0.1) is 0 Å². The Morgan fingerprint density at radius 3 is 3.06 bits per heavy atom. The van der Waals surface area contributed by atoms with E-state index < -0.39 is 6.04 Å². The molecule has 0 bridgehead atoms. The van der Waals surface area contributed by atoms with Crippen molar-refractivity contribution >= 4 is 5.91 Å². The number of hydrogen-bond donors (Lipinski definition) is 1. The number of rotatable bonds is 2. The molecule has 1 aromatic heterocycles. The standard InChI is InChI=1S/C13H19N3O/c1-10(14)13(17)16-8-3-2-6-12(16)11-5-4-7-15-9-11/h4-5,7,9-10,12H,2-3,6,8,14H2,1H3/t10-,12-/m0/s1. The number of piperidine rings is 1. The Balaban J connectivity index is 2.21. The summed E-state index contributed by atoms with van der Waals surface area (Å²) in [6.45, 7) is 2.55. The van der Waals surface area contributed by atoms with Gasteiger partial charge in [-0.3, -0.25) is 9.78 Å². The van der Waals surface area contributed by atoms with Crippen LogP contribution in [0.1, 0.15) is 37.8 Å². The molecule has 2 heterocycles. The Morgan fingerprint density at radius 1 is 1.59 bits per heavy atom. The highest BCUT2D eigenvalue weighted by molar-refractivity contribution is 5.81. The first-order chi connectivity index (χ1) is 8.20. The van der Waals surface area contributed by atoms with Crippen molar-refractivity contribution in [2.45, 2.75) is 38.3 Å². The van der Waals surface area contributed by atoms with E-state index in [1.165, 1.54) is 0 Å². The van der Waals surface area contributed by atoms with Crippen molar-refractivity contribution in [3.05, 3.63) is 30.1 Å². The van der Waals surface area contributed by atoms with E-state index >= 15 is 0 Å². The highest BCUT2D eigenvalue weighted by atomic mass is 16.2. The first-order valence-corrected chi connectivity index (χ1v) is 6.16. The van der Waals surface area contributed by atoms with Crippen molar-refractivity contribution in [3.63, 3.8) is 0 Å². The molecule has 0 aliphatic carbocycles. The number of amides is 1. The van der Waals surface area contributed by atoms with Gasteiger partial charge in [0.1, 0.15) is 0 Å². The largest absolute Gasteiger partial charge is 0.334 e. The van der Waals surface area contributed by atoms with Gasteiger partial charge < -0.3 is 10.6 Å². The number of hydrogen-bond acceptors (Lipinski definition) is 3. The van der Waals surface area contributed by atoms with E-state index in [4.69, 9.17) is 5.73 Å². The summed E-state index contributed by atoms with van der Waals surface area (Å²) >= 11 is 0. The second-order valence-electron chi connectivity index (χ2n) is 4.62. The Bertz CT molecular complexity index is 378. The van der Waals surface area contributed by atoms with E-state index in [1.807, 2.05) is 23.2 Å². The summed E-state index contributed by atoms with van der Waals surface area (Å²) in [6, 6.07) is 3.67. The van der Waals surface area contributed by atoms with Crippen LogP contribution in [0.15, 0.2) is 24.5 Å². The molecule has 2 rings (SSSR count). The summed E-state index contributed by atoms with van der Waals surface area (Å²) in [5.74, 6) is 0.0403. The molecule has 2 N–H and O–H groups in total. The average Bonchev–Trinajstić information content (AvgIpc) is 2.39. The average molecular weight is 233 g/mol. The van der Waals surface area contributed by atoms with Crippen LogP contribution in [-0.2, 0) is 4.79 Å². The minimum atomic E-state index is -0.424. The summed E-state index contributed by atoms with van der Waals surface area (Å²) in [5.41, 5.74) is 6.81. The topological polar surface area (TPSA) is 59.2 Å². The van der Waals surface area contributed by atoms with Crippen molar-refractivity contribution in [1.82, 2.24) is 9.88 Å². The molecule has 1 aliphatic heterocycles. The van der Waals surface area contributed by atoms with Crippen LogP contribution in [0.5, 0.6) is 0 Å². The minimum absolute atomic E-state index is 0.0403. The monoisotopic (exact) mass is 233 g/mol. The third kappa shape index (κ3) is 2.64. The van der Waals surface area contributed by atoms with E-state index in [0.29, 0.717) is 0 Å². The molecule has 0 saturated carbocycles. The first kappa shape index (κ1) is 12.0. The maximum atomic E-state index is 12.1. The lowest BCUT2D eigenvalue weighted by Crippen LogP contribution is -2.46. The lowest BCUT2D eigenvalue weighted by molar-refractivity contribution is -0.136. The van der Waals surface area contributed by atoms with Crippen LogP contribution < -0.4 is 5.73 Å². The fraction of sp³-hybridized carbons (Fsp3) is 0.538. The van der Waals surface area contributed by atoms with Gasteiger partial charge in [0.05, 0.1) is 12.1 Å². The molecule has 1 aromatic rings. The van der Waals surface area contributed by atoms with Crippen molar-refractivity contribution < 1.29 is 4.79 Å². The lowest BCUT2D eigenvalue weighted by Gasteiger charge is -2.36. The summed E-state index contributed by atoms with van der Waals surface area (Å²) in [6.07, 6.45) is 6.82. The summed E-state index contributed by atoms with van der Waals surface area (Å²) in [5, 5.41) is 0. The second-order valence-corrected chi connectivity index (χ2v) is 4.62. The van der Waals surface area contributed by atoms with Crippen molar-refractivity contribution in [1.29, 1.82) is 0 Å². The number of nitrogens with two attached hydrogens (primary N) is 1. The molecular weight excluding hydrogens is 214 g/mol. The minimum Gasteiger partial charge on any atom is -0.334 e. The smallest absolute Gasteiger partial charge is 0.239 e. The van der Waals surface area contributed by atoms with Crippen molar-refractivity contribution in [3.8, 4) is 0 Å². The maximum absolute atomic E-state index is 12.1. The zero-order chi connectivity index (χ0) is 12.3. The van der Waals surface area contributed by atoms with Crippen LogP contribution in [0.25, 0.3) is 0 Å². The van der Waals surface area contributed by atoms with Gasteiger partial charge in [0.15, 0.2) is 0 Å². The van der Waals surface area contributed by atoms with E-state index in [0.717, 1.165) is 31.4 Å². The molecule has 92 valence electrons. The predicted octanol–water partition coefficient (Wildman–Crippen LogP) is 1.48. The molecular formula is C13H19N3O. The molecule has 0 radical (unpaired) electrons. The number of carbonyl (C=O) groups is 1. The van der Waals surface area contributed by atoms with Crippen LogP contribution in [0.3, 0.4) is 0 Å². The molecule has 0 unspecified atom stereocenters. The van der Waals surface area contributed by atoms with E-state index in [2.05, 4.69) is 4.98 Å². The Labute approximate surface area is 102 Å². The normalized spacial score (nSPS) is 22.2. The molecule has 1 amide bonds. The van der Waals surface area contributed by atoms with Gasteiger partial charge in [-0.15, -0.1) is 0 Å². The van der Waals surface area contributed by atoms with Gasteiger partial charge in [-0.1, -0.05) is 6.07 Å². The van der Waals surface area contributed by atoms with E-state index in [-0.39, 0.29) is 11.9 Å². The highest BCUT2D eigenvalue weighted by Gasteiger charge is 2.29. The third-order valence-corrected chi connectivity index (χ3v) is 3.24. The molecule has 2 atom stereocenters. The Kier molecular flexibility index (Phi) is 3.74. The van der Waals surface area contributed by atoms with Gasteiger partial charge in [0, 0.05) is 18.9 Å². The Hall–Kier alpha value is -1.42. The Morgan fingerprint density at radius 2 is 2.41 bits per heavy atom. The molecule has 4 nitrogen and oxygen atoms in total. The predicted molar refractivity (Wildman–Crippen MR) is 66.2 cm³/mol. The molecule has 4 heteroatoms. The maximum Gasteiger partial charge on any atom is 0.239 e. The van der Waals surface area contributed by atoms with Gasteiger partial charge in [-0.05, 0) is 37.8 Å². The quantitative estimate of drug-likeness (QED) is 0.841. The number of pyridine rings is 1. The molecule has 0 aromatic carbocycles. The second kappa shape index (κ2) is 5.27. The van der Waals surface area contributed by atoms with E-state index in [9.17, 15) is 4.79 Å². The molecule has 1 fully saturated rings. The van der Waals surface area contributed by atoms with Crippen LogP contribution >= 0.6 is 0 Å². The summed E-state index contributed by atoms with van der Waals surface area (Å²) in [7, 11) is 0. The van der Waals surface area contributed by atoms with Crippen molar-refractivity contribution in [2.24, 2.45) is 5.73 Å². The SMILES string of the molecule is C[C@H](N)C(=O)N1CCCC[C@H]1c1cccnc1. The number of aromatic nitrogens is 1. The summed E-state index contributed by atoms with van der Waals surface area (Å²) < 4.78 is 0. The van der Waals surface area contributed by atoms with Gasteiger partial charge in [-0.2, -0.15) is 0 Å². The molecule has 17 heavy (non-hydrogen) atoms. The van der Waals surface area contributed by atoms with Gasteiger partial charge in [0.2, 0.25) is 5.91 Å². The van der Waals surface area contributed by atoms with Crippen molar-refractivity contribution in [2.75, 3.05) is 6.54 Å². The van der Waals surface area contributed by atoms with Crippen LogP contribution in [0.2, 0.25) is 0 Å². The number of carbonyl (C=O) groups excluding carboxylic acids is 1. The number of likely N-dealkylation sites (tertiary alicyclic amines) is 1. The molecule has 1 aliphatic rings. The fourth-order valence-corrected chi connectivity index (χ4v) is 2.38. The van der Waals surface area contributed by atoms with Gasteiger partial charge in [0.25, 0.3) is 0 Å². The highest BCUT2D eigenvalue weighted by Crippen LogP contribution is 2.30. The van der Waals surface area contributed by atoms with Gasteiger partial charge in [-0.25, -0.2) is 0 Å². The summed E-state index contributed by atoms with van der Waals surface area (Å²) in [4.78, 5) is 18.1. The van der Waals surface area contributed by atoms with Gasteiger partial charge >= 0.3 is 0 Å². The molecule has 0 spiro atoms. The zero-order valence-corrected chi connectivity index (χ0v) is 10.2. The van der Waals surface area contributed by atoms with Crippen LogP contribution in [-0.4, -0.2) is 28.4 Å². The third-order valence-electron chi connectivity index (χ3n) is 3.24. The molecule has 1 saturated heterocycles. The van der Waals surface area contributed by atoms with E-state index in [1.54, 1.807) is 13.1 Å². The number of nitrogens with zero attached hydrogens (tertiary/aromatic N) is 2.